The Labute approximate surface area is 72.4 Å². The molecule has 1 saturated carbocycles. The van der Waals surface area contributed by atoms with Crippen molar-refractivity contribution in [1.82, 2.24) is 0 Å². The van der Waals surface area contributed by atoms with Gasteiger partial charge in [-0.1, -0.05) is 6.92 Å². The molecule has 0 aromatic heterocycles. The number of carbonyl (C=O) groups is 1. The second-order valence-corrected chi connectivity index (χ2v) is 3.71. The first-order chi connectivity index (χ1) is 5.54. The summed E-state index contributed by atoms with van der Waals surface area (Å²) in [5.74, 6) is -0.405. The van der Waals surface area contributed by atoms with Crippen molar-refractivity contribution in [2.24, 2.45) is 11.8 Å². The number of hydrogen-bond donors (Lipinski definition) is 2. The Bertz CT molecular complexity index is 179. The fraction of sp³-hybridized carbons (Fsp3) is 0.889. The first-order valence-corrected chi connectivity index (χ1v) is 4.40. The van der Waals surface area contributed by atoms with Gasteiger partial charge in [0, 0.05) is 11.8 Å². The van der Waals surface area contributed by atoms with Crippen LogP contribution in [-0.2, 0) is 4.79 Å². The van der Waals surface area contributed by atoms with E-state index in [9.17, 15) is 15.0 Å². The van der Waals surface area contributed by atoms with Gasteiger partial charge < -0.3 is 10.2 Å². The van der Waals surface area contributed by atoms with Gasteiger partial charge in [0.1, 0.15) is 5.78 Å². The van der Waals surface area contributed by atoms with E-state index in [1.165, 1.54) is 6.92 Å². The Morgan fingerprint density at radius 2 is 1.92 bits per heavy atom. The summed E-state index contributed by atoms with van der Waals surface area (Å²) in [6, 6.07) is 0. The Morgan fingerprint density at radius 1 is 1.33 bits per heavy atom. The van der Waals surface area contributed by atoms with Crippen LogP contribution in [0, 0.1) is 11.8 Å². The molecule has 0 saturated heterocycles. The predicted molar refractivity (Wildman–Crippen MR) is 44.6 cm³/mol. The minimum atomic E-state index is -0.661. The van der Waals surface area contributed by atoms with E-state index < -0.39 is 12.2 Å². The van der Waals surface area contributed by atoms with E-state index in [0.717, 1.165) is 0 Å². The van der Waals surface area contributed by atoms with E-state index in [2.05, 4.69) is 0 Å². The average molecular weight is 172 g/mol. The number of aliphatic hydroxyl groups is 2. The minimum absolute atomic E-state index is 0.0289. The first-order valence-electron chi connectivity index (χ1n) is 4.40. The van der Waals surface area contributed by atoms with Crippen LogP contribution in [0.1, 0.15) is 26.7 Å². The van der Waals surface area contributed by atoms with Crippen LogP contribution in [0.4, 0.5) is 0 Å². The third-order valence-corrected chi connectivity index (χ3v) is 2.85. The van der Waals surface area contributed by atoms with Crippen LogP contribution in [0.2, 0.25) is 0 Å². The Hall–Kier alpha value is -0.410. The molecule has 2 N–H and O–H groups in total. The molecule has 1 fully saturated rings. The quantitative estimate of drug-likeness (QED) is 0.599. The summed E-state index contributed by atoms with van der Waals surface area (Å²) >= 11 is 0. The number of hydrogen-bond acceptors (Lipinski definition) is 3. The zero-order valence-corrected chi connectivity index (χ0v) is 7.53. The van der Waals surface area contributed by atoms with Crippen LogP contribution >= 0.6 is 0 Å². The van der Waals surface area contributed by atoms with Crippen molar-refractivity contribution >= 4 is 5.78 Å². The lowest BCUT2D eigenvalue weighted by molar-refractivity contribution is -0.131. The molecule has 1 aliphatic carbocycles. The molecule has 0 bridgehead atoms. The number of Topliss-reactive ketones (excluding diaryl/α,β-unsaturated/α-hetero) is 1. The highest BCUT2D eigenvalue weighted by molar-refractivity contribution is 5.79. The van der Waals surface area contributed by atoms with Crippen molar-refractivity contribution in [3.8, 4) is 0 Å². The van der Waals surface area contributed by atoms with Crippen LogP contribution in [0.5, 0.6) is 0 Å². The molecule has 70 valence electrons. The molecule has 1 rings (SSSR count). The molecule has 0 heterocycles. The summed E-state index contributed by atoms with van der Waals surface area (Å²) in [7, 11) is 0. The highest BCUT2D eigenvalue weighted by Gasteiger charge is 2.36. The number of rotatable bonds is 1. The van der Waals surface area contributed by atoms with Crippen molar-refractivity contribution < 1.29 is 15.0 Å². The second-order valence-electron chi connectivity index (χ2n) is 3.71. The minimum Gasteiger partial charge on any atom is -0.393 e. The smallest absolute Gasteiger partial charge is 0.135 e. The van der Waals surface area contributed by atoms with Crippen LogP contribution in [0.15, 0.2) is 0 Å². The van der Waals surface area contributed by atoms with E-state index in [-0.39, 0.29) is 17.6 Å². The zero-order chi connectivity index (χ0) is 9.30. The fourth-order valence-corrected chi connectivity index (χ4v) is 1.82. The SMILES string of the molecule is CC(=O)C1CCC(O)C(C)C1O. The van der Waals surface area contributed by atoms with Crippen molar-refractivity contribution in [2.75, 3.05) is 0 Å². The molecule has 0 aromatic carbocycles. The zero-order valence-electron chi connectivity index (χ0n) is 7.53. The van der Waals surface area contributed by atoms with E-state index in [1.54, 1.807) is 6.92 Å². The van der Waals surface area contributed by atoms with E-state index in [1.807, 2.05) is 0 Å². The maximum atomic E-state index is 11.0. The van der Waals surface area contributed by atoms with E-state index in [4.69, 9.17) is 0 Å². The highest BCUT2D eigenvalue weighted by Crippen LogP contribution is 2.29. The van der Waals surface area contributed by atoms with Gasteiger partial charge in [0.05, 0.1) is 12.2 Å². The van der Waals surface area contributed by atoms with Crippen molar-refractivity contribution in [1.29, 1.82) is 0 Å². The Kier molecular flexibility index (Phi) is 2.85. The van der Waals surface area contributed by atoms with Gasteiger partial charge in [0.2, 0.25) is 0 Å². The average Bonchev–Trinajstić information content (AvgIpc) is 2.00. The van der Waals surface area contributed by atoms with Crippen molar-refractivity contribution in [2.45, 2.75) is 38.9 Å². The van der Waals surface area contributed by atoms with Crippen molar-refractivity contribution in [3.05, 3.63) is 0 Å². The predicted octanol–water partition coefficient (Wildman–Crippen LogP) is 0.343. The van der Waals surface area contributed by atoms with Crippen LogP contribution in [0.3, 0.4) is 0 Å². The molecule has 1 aliphatic rings. The fourth-order valence-electron chi connectivity index (χ4n) is 1.82. The lowest BCUT2D eigenvalue weighted by Gasteiger charge is -2.34. The lowest BCUT2D eigenvalue weighted by atomic mass is 9.76. The molecule has 4 atom stereocenters. The maximum absolute atomic E-state index is 11.0. The molecule has 0 spiro atoms. The van der Waals surface area contributed by atoms with Gasteiger partial charge in [-0.2, -0.15) is 0 Å². The van der Waals surface area contributed by atoms with Crippen LogP contribution in [0.25, 0.3) is 0 Å². The summed E-state index contributed by atoms with van der Waals surface area (Å²) in [6.07, 6.45) is 0.131. The van der Waals surface area contributed by atoms with E-state index in [0.29, 0.717) is 12.8 Å². The topological polar surface area (TPSA) is 57.5 Å². The Balaban J connectivity index is 2.65. The number of aliphatic hydroxyl groups excluding tert-OH is 2. The van der Waals surface area contributed by atoms with Gasteiger partial charge >= 0.3 is 0 Å². The summed E-state index contributed by atoms with van der Waals surface area (Å²) in [5, 5.41) is 19.0. The molecule has 0 amide bonds. The molecule has 4 unspecified atom stereocenters. The summed E-state index contributed by atoms with van der Waals surface area (Å²) in [4.78, 5) is 11.0. The summed E-state index contributed by atoms with van der Waals surface area (Å²) in [6.45, 7) is 3.28. The van der Waals surface area contributed by atoms with Gasteiger partial charge in [0.25, 0.3) is 0 Å². The lowest BCUT2D eigenvalue weighted by Crippen LogP contribution is -2.42. The molecule has 0 radical (unpaired) electrons. The second kappa shape index (κ2) is 3.54. The van der Waals surface area contributed by atoms with Crippen molar-refractivity contribution in [3.63, 3.8) is 0 Å². The Morgan fingerprint density at radius 3 is 2.42 bits per heavy atom. The maximum Gasteiger partial charge on any atom is 0.135 e. The van der Waals surface area contributed by atoms with Gasteiger partial charge in [-0.05, 0) is 19.8 Å². The van der Waals surface area contributed by atoms with Gasteiger partial charge in [-0.25, -0.2) is 0 Å². The third-order valence-electron chi connectivity index (χ3n) is 2.85. The normalized spacial score (nSPS) is 42.7. The summed E-state index contributed by atoms with van der Waals surface area (Å²) < 4.78 is 0. The molecule has 3 heteroatoms. The molecule has 3 nitrogen and oxygen atoms in total. The number of ketones is 1. The third kappa shape index (κ3) is 1.67. The molecule has 12 heavy (non-hydrogen) atoms. The van der Waals surface area contributed by atoms with Gasteiger partial charge in [-0.3, -0.25) is 4.79 Å². The first kappa shape index (κ1) is 9.68. The molecule has 0 aliphatic heterocycles. The number of carbonyl (C=O) groups excluding carboxylic acids is 1. The molecular weight excluding hydrogens is 156 g/mol. The largest absolute Gasteiger partial charge is 0.393 e. The molecule has 0 aromatic rings. The van der Waals surface area contributed by atoms with Crippen LogP contribution < -0.4 is 0 Å². The van der Waals surface area contributed by atoms with Gasteiger partial charge in [-0.15, -0.1) is 0 Å². The monoisotopic (exact) mass is 172 g/mol. The van der Waals surface area contributed by atoms with Gasteiger partial charge in [0.15, 0.2) is 0 Å². The van der Waals surface area contributed by atoms with E-state index >= 15 is 0 Å². The molecular formula is C9H16O3. The highest BCUT2D eigenvalue weighted by atomic mass is 16.3. The standard InChI is InChI=1S/C9H16O3/c1-5-8(11)4-3-7(6(2)10)9(5)12/h5,7-9,11-12H,3-4H2,1-2H3. The van der Waals surface area contributed by atoms with Crippen LogP contribution in [-0.4, -0.2) is 28.2 Å². The summed E-state index contributed by atoms with van der Waals surface area (Å²) in [5.41, 5.74) is 0.